The van der Waals surface area contributed by atoms with Gasteiger partial charge in [0.05, 0.1) is 26.3 Å². The van der Waals surface area contributed by atoms with Crippen molar-refractivity contribution in [1.29, 1.82) is 0 Å². The number of fused-ring (bicyclic) bond motifs is 6. The first-order valence-corrected chi connectivity index (χ1v) is 20.3. The van der Waals surface area contributed by atoms with Crippen LogP contribution in [0.5, 0.6) is 0 Å². The summed E-state index contributed by atoms with van der Waals surface area (Å²) in [4.78, 5) is 16.0. The maximum absolute atomic E-state index is 9.27. The third kappa shape index (κ3) is 5.90. The zero-order valence-corrected chi connectivity index (χ0v) is 32.9. The first kappa shape index (κ1) is 28.9. The summed E-state index contributed by atoms with van der Waals surface area (Å²) in [6.07, 6.45) is 0. The lowest BCUT2D eigenvalue weighted by atomic mass is 9.91. The Bertz CT molecular complexity index is 4000. The molecule has 0 bridgehead atoms. The van der Waals surface area contributed by atoms with Crippen molar-refractivity contribution in [2.75, 3.05) is 0 Å². The highest BCUT2D eigenvalue weighted by Gasteiger charge is 2.23. The van der Waals surface area contributed by atoms with Gasteiger partial charge in [0.25, 0.3) is 0 Å². The van der Waals surface area contributed by atoms with E-state index < -0.39 is 12.1 Å². The highest BCUT2D eigenvalue weighted by Crippen LogP contribution is 2.42. The number of nitrogens with zero attached hydrogens (tertiary/aromatic N) is 4. The molecular weight excluding hydrogens is 757 g/mol. The Kier molecular flexibility index (Phi) is 6.86. The quantitative estimate of drug-likeness (QED) is 0.161. The Morgan fingerprint density at radius 1 is 0.387 bits per heavy atom. The predicted octanol–water partition coefficient (Wildman–Crippen LogP) is 14.9. The van der Waals surface area contributed by atoms with Crippen molar-refractivity contribution >= 4 is 43.7 Å². The van der Waals surface area contributed by atoms with Gasteiger partial charge in [-0.25, -0.2) is 15.0 Å². The molecule has 12 aromatic rings. The van der Waals surface area contributed by atoms with Gasteiger partial charge in [0, 0.05) is 43.8 Å². The van der Waals surface area contributed by atoms with Crippen molar-refractivity contribution in [3.05, 3.63) is 218 Å². The highest BCUT2D eigenvalue weighted by atomic mass is 16.3. The molecule has 0 unspecified atom stereocenters. The maximum atomic E-state index is 9.27. The van der Waals surface area contributed by atoms with Crippen LogP contribution >= 0.6 is 0 Å². The second kappa shape index (κ2) is 14.7. The molecule has 0 aliphatic heterocycles. The summed E-state index contributed by atoms with van der Waals surface area (Å²) in [5, 5.41) is 2.17. The van der Waals surface area contributed by atoms with Gasteiger partial charge in [-0.3, -0.25) is 0 Å². The van der Waals surface area contributed by atoms with Crippen LogP contribution in [0.2, 0.25) is 0 Å². The van der Waals surface area contributed by atoms with E-state index >= 15 is 0 Å². The number of benzene rings is 9. The molecule has 9 aromatic carbocycles. The Hall–Kier alpha value is -8.41. The summed E-state index contributed by atoms with van der Waals surface area (Å²) < 4.78 is 70.7. The van der Waals surface area contributed by atoms with Gasteiger partial charge in [0.1, 0.15) is 11.2 Å². The lowest BCUT2D eigenvalue weighted by molar-refractivity contribution is 0.670. The number of aromatic nitrogens is 4. The van der Waals surface area contributed by atoms with E-state index in [2.05, 4.69) is 48.5 Å². The van der Waals surface area contributed by atoms with Crippen molar-refractivity contribution < 1.29 is 14.0 Å². The fourth-order valence-electron chi connectivity index (χ4n) is 8.61. The minimum atomic E-state index is -0.474. The van der Waals surface area contributed by atoms with Crippen molar-refractivity contribution in [3.63, 3.8) is 0 Å². The average Bonchev–Trinajstić information content (AvgIpc) is 3.97. The third-order valence-corrected chi connectivity index (χ3v) is 11.4. The van der Waals surface area contributed by atoms with Crippen LogP contribution in [0.15, 0.2) is 223 Å². The molecule has 0 atom stereocenters. The molecule has 62 heavy (non-hydrogen) atoms. The Labute approximate surface area is 367 Å². The molecule has 0 saturated carbocycles. The second-order valence-corrected chi connectivity index (χ2v) is 15.0. The minimum absolute atomic E-state index is 0.0519. The first-order valence-electron chi connectivity index (χ1n) is 23.8. The third-order valence-electron chi connectivity index (χ3n) is 11.4. The zero-order chi connectivity index (χ0) is 47.1. The monoisotopic (exact) mass is 799 g/mol. The molecule has 0 aliphatic rings. The number of hydrogen-bond donors (Lipinski definition) is 0. The first-order chi connectivity index (χ1) is 33.7. The molecule has 12 rings (SSSR count). The molecular formula is C57H36N4O. The smallest absolute Gasteiger partial charge is 0.166 e. The molecule has 5 heteroatoms. The normalized spacial score (nSPS) is 13.1. The van der Waals surface area contributed by atoms with E-state index in [1.54, 1.807) is 16.7 Å². The molecule has 5 nitrogen and oxygen atoms in total. The Balaban J connectivity index is 1.17. The van der Waals surface area contributed by atoms with Crippen LogP contribution in [0.1, 0.15) is 9.60 Å². The van der Waals surface area contributed by atoms with Gasteiger partial charge < -0.3 is 8.98 Å². The van der Waals surface area contributed by atoms with Gasteiger partial charge in [-0.1, -0.05) is 182 Å². The summed E-state index contributed by atoms with van der Waals surface area (Å²) in [5.41, 5.74) is 9.61. The number of para-hydroxylation sites is 5. The molecule has 0 radical (unpaired) electrons. The van der Waals surface area contributed by atoms with E-state index in [0.29, 0.717) is 28.5 Å². The fourth-order valence-corrected chi connectivity index (χ4v) is 8.61. The van der Waals surface area contributed by atoms with Crippen molar-refractivity contribution in [1.82, 2.24) is 19.5 Å². The van der Waals surface area contributed by atoms with Crippen molar-refractivity contribution in [3.8, 4) is 73.2 Å². The van der Waals surface area contributed by atoms with Crippen LogP contribution < -0.4 is 0 Å². The van der Waals surface area contributed by atoms with Crippen molar-refractivity contribution in [2.45, 2.75) is 0 Å². The van der Waals surface area contributed by atoms with Crippen LogP contribution in [0.4, 0.5) is 0 Å². The molecule has 0 N–H and O–H groups in total. The fraction of sp³-hybridized carbons (Fsp3) is 0. The van der Waals surface area contributed by atoms with E-state index in [0.717, 1.165) is 60.9 Å². The topological polar surface area (TPSA) is 56.7 Å². The van der Waals surface area contributed by atoms with Gasteiger partial charge >= 0.3 is 0 Å². The molecule has 3 aromatic heterocycles. The summed E-state index contributed by atoms with van der Waals surface area (Å²) >= 11 is 0. The molecule has 0 saturated heterocycles. The van der Waals surface area contributed by atoms with Crippen LogP contribution in [0.3, 0.4) is 0 Å². The van der Waals surface area contributed by atoms with E-state index in [9.17, 15) is 2.74 Å². The molecule has 290 valence electrons. The largest absolute Gasteiger partial charge is 0.455 e. The Morgan fingerprint density at radius 2 is 0.952 bits per heavy atom. The van der Waals surface area contributed by atoms with E-state index in [-0.39, 0.29) is 57.8 Å². The summed E-state index contributed by atoms with van der Waals surface area (Å²) in [7, 11) is 0. The van der Waals surface area contributed by atoms with Gasteiger partial charge in [-0.2, -0.15) is 0 Å². The summed E-state index contributed by atoms with van der Waals surface area (Å²) in [6.45, 7) is 0. The second-order valence-electron chi connectivity index (χ2n) is 15.0. The SMILES string of the molecule is [2H]c1cc([2H])c2c(c1[2H])c1c([2H])c([2H])c([2H])c([2H])c1n2-c1ccccc1-c1nc(-c2cccc(-c3cccc4c3oc3ccccc34)c2)nc(-c2c(-c3ccccc3)cccc2-c2ccccc2)n1. The molecule has 0 spiro atoms. The van der Waals surface area contributed by atoms with Gasteiger partial charge in [0.15, 0.2) is 17.5 Å². The minimum Gasteiger partial charge on any atom is -0.455 e. The van der Waals surface area contributed by atoms with E-state index in [1.165, 1.54) is 6.07 Å². The number of hydrogen-bond acceptors (Lipinski definition) is 4. The average molecular weight is 800 g/mol. The highest BCUT2D eigenvalue weighted by molar-refractivity contribution is 6.11. The zero-order valence-electron chi connectivity index (χ0n) is 39.9. The molecule has 0 aliphatic carbocycles. The van der Waals surface area contributed by atoms with Crippen LogP contribution in [-0.2, 0) is 0 Å². The number of rotatable bonds is 7. The summed E-state index contributed by atoms with van der Waals surface area (Å²) in [5.74, 6) is 0.997. The van der Waals surface area contributed by atoms with E-state index in [4.69, 9.17) is 26.2 Å². The predicted molar refractivity (Wildman–Crippen MR) is 254 cm³/mol. The molecule has 0 fully saturated rings. The molecule has 0 amide bonds. The van der Waals surface area contributed by atoms with E-state index in [1.807, 2.05) is 109 Å². The molecule has 3 heterocycles. The Morgan fingerprint density at radius 3 is 1.77 bits per heavy atom. The summed E-state index contributed by atoms with van der Waals surface area (Å²) in [6, 6.07) is 54.7. The van der Waals surface area contributed by atoms with Gasteiger partial charge in [-0.05, 0) is 64.2 Å². The van der Waals surface area contributed by atoms with Crippen molar-refractivity contribution in [2.24, 2.45) is 0 Å². The number of furan rings is 1. The standard InChI is InChI=1S/C57H36N4O/c1-3-18-37(19-4-1)41-28-16-29-42(38-20-5-2-6-21-38)53(41)57-59-55(40-23-15-22-39(36-40)43-30-17-31-47-46-26-10-14-35-52(46)62-54(43)47)58-56(60-57)48-27-9-13-34-51(48)61-49-32-11-7-24-44(49)45-25-8-12-33-50(45)61/h1-36H/i7D,8D,11D,24D,25D,32D,33D. The van der Waals surface area contributed by atoms with Crippen LogP contribution in [-0.4, -0.2) is 19.5 Å². The van der Waals surface area contributed by atoms with Crippen LogP contribution in [0.25, 0.3) is 117 Å². The van der Waals surface area contributed by atoms with Crippen LogP contribution in [0, 0.1) is 0 Å². The lowest BCUT2D eigenvalue weighted by Gasteiger charge is -2.18. The van der Waals surface area contributed by atoms with Gasteiger partial charge in [-0.15, -0.1) is 0 Å². The van der Waals surface area contributed by atoms with Gasteiger partial charge in [0.2, 0.25) is 0 Å². The lowest BCUT2D eigenvalue weighted by Crippen LogP contribution is -2.05. The maximum Gasteiger partial charge on any atom is 0.166 e.